The Kier molecular flexibility index (Phi) is 3.37. The molecule has 15 heavy (non-hydrogen) atoms. The van der Waals surface area contributed by atoms with Gasteiger partial charge in [-0.05, 0) is 18.6 Å². The number of halogens is 1. The van der Waals surface area contributed by atoms with Crippen LogP contribution in [0.25, 0.3) is 0 Å². The monoisotopic (exact) mass is 224 g/mol. The maximum atomic E-state index is 6.09. The lowest BCUT2D eigenvalue weighted by molar-refractivity contribution is 0.620. The first kappa shape index (κ1) is 10.6. The number of rotatable bonds is 3. The summed E-state index contributed by atoms with van der Waals surface area (Å²) in [5.41, 5.74) is 2.18. The lowest BCUT2D eigenvalue weighted by Gasteiger charge is -2.28. The normalized spacial score (nSPS) is 18.9. The smallest absolute Gasteiger partial charge is 0.0766 e. The summed E-state index contributed by atoms with van der Waals surface area (Å²) in [6.45, 7) is 3.19. The average Bonchev–Trinajstić information content (AvgIpc) is 2.26. The number of benzene rings is 1. The molecule has 0 aromatic heterocycles. The molecule has 0 radical (unpaired) electrons. The van der Waals surface area contributed by atoms with Crippen LogP contribution in [0.4, 0.5) is 11.4 Å². The first-order valence-corrected chi connectivity index (χ1v) is 5.98. The molecule has 1 unspecified atom stereocenters. The summed E-state index contributed by atoms with van der Waals surface area (Å²) < 4.78 is 0. The van der Waals surface area contributed by atoms with Gasteiger partial charge in [0.1, 0.15) is 0 Å². The van der Waals surface area contributed by atoms with Crippen LogP contribution < -0.4 is 10.6 Å². The number of unbranched alkanes of at least 4 members (excludes halogenated alkanes) is 1. The molecule has 3 heteroatoms. The van der Waals surface area contributed by atoms with Crippen molar-refractivity contribution in [1.82, 2.24) is 0 Å². The third-order valence-corrected chi connectivity index (χ3v) is 3.12. The minimum atomic E-state index is 0.538. The molecule has 0 bridgehead atoms. The molecular formula is C12H17ClN2. The summed E-state index contributed by atoms with van der Waals surface area (Å²) in [5, 5.41) is 7.72. The summed E-state index contributed by atoms with van der Waals surface area (Å²) in [4.78, 5) is 0. The molecule has 0 saturated carbocycles. The quantitative estimate of drug-likeness (QED) is 0.818. The predicted octanol–water partition coefficient (Wildman–Crippen LogP) is 3.74. The molecule has 1 heterocycles. The zero-order chi connectivity index (χ0) is 10.7. The van der Waals surface area contributed by atoms with Gasteiger partial charge in [-0.15, -0.1) is 0 Å². The SMILES string of the molecule is CCCCC1CNc2c(Cl)cccc2N1. The molecule has 1 aromatic rings. The minimum absolute atomic E-state index is 0.538. The summed E-state index contributed by atoms with van der Waals surface area (Å²) in [6, 6.07) is 6.52. The van der Waals surface area contributed by atoms with Gasteiger partial charge in [-0.1, -0.05) is 37.4 Å². The van der Waals surface area contributed by atoms with Crippen LogP contribution in [0.5, 0.6) is 0 Å². The molecule has 1 aromatic carbocycles. The number of anilines is 2. The Hall–Kier alpha value is -0.890. The highest BCUT2D eigenvalue weighted by Crippen LogP contribution is 2.33. The molecule has 82 valence electrons. The van der Waals surface area contributed by atoms with Crippen molar-refractivity contribution in [1.29, 1.82) is 0 Å². The Labute approximate surface area is 96.0 Å². The highest BCUT2D eigenvalue weighted by atomic mass is 35.5. The van der Waals surface area contributed by atoms with Gasteiger partial charge < -0.3 is 10.6 Å². The van der Waals surface area contributed by atoms with Crippen LogP contribution in [0.3, 0.4) is 0 Å². The van der Waals surface area contributed by atoms with E-state index >= 15 is 0 Å². The fourth-order valence-corrected chi connectivity index (χ4v) is 2.19. The molecule has 1 aliphatic heterocycles. The van der Waals surface area contributed by atoms with E-state index in [0.717, 1.165) is 22.9 Å². The van der Waals surface area contributed by atoms with Crippen LogP contribution >= 0.6 is 11.6 Å². The molecule has 0 saturated heterocycles. The Bertz CT molecular complexity index is 338. The van der Waals surface area contributed by atoms with E-state index in [-0.39, 0.29) is 0 Å². The fourth-order valence-electron chi connectivity index (χ4n) is 1.95. The number of para-hydroxylation sites is 1. The molecule has 1 aliphatic rings. The maximum Gasteiger partial charge on any atom is 0.0766 e. The lowest BCUT2D eigenvalue weighted by atomic mass is 10.1. The van der Waals surface area contributed by atoms with Gasteiger partial charge in [0.25, 0.3) is 0 Å². The van der Waals surface area contributed by atoms with E-state index in [2.05, 4.69) is 23.6 Å². The maximum absolute atomic E-state index is 6.09. The Morgan fingerprint density at radius 3 is 3.13 bits per heavy atom. The van der Waals surface area contributed by atoms with E-state index in [4.69, 9.17) is 11.6 Å². The first-order chi connectivity index (χ1) is 7.31. The average molecular weight is 225 g/mol. The van der Waals surface area contributed by atoms with Crippen LogP contribution in [0.1, 0.15) is 26.2 Å². The molecular weight excluding hydrogens is 208 g/mol. The summed E-state index contributed by atoms with van der Waals surface area (Å²) in [6.07, 6.45) is 3.74. The highest BCUT2D eigenvalue weighted by molar-refractivity contribution is 6.34. The third-order valence-electron chi connectivity index (χ3n) is 2.80. The van der Waals surface area contributed by atoms with E-state index in [1.807, 2.05) is 12.1 Å². The first-order valence-electron chi connectivity index (χ1n) is 5.60. The second-order valence-corrected chi connectivity index (χ2v) is 4.43. The van der Waals surface area contributed by atoms with Crippen LogP contribution in [0.15, 0.2) is 18.2 Å². The Morgan fingerprint density at radius 2 is 2.33 bits per heavy atom. The summed E-state index contributed by atoms with van der Waals surface area (Å²) >= 11 is 6.09. The minimum Gasteiger partial charge on any atom is -0.380 e. The molecule has 2 nitrogen and oxygen atoms in total. The molecule has 0 amide bonds. The Morgan fingerprint density at radius 1 is 1.47 bits per heavy atom. The van der Waals surface area contributed by atoms with E-state index in [1.54, 1.807) is 0 Å². The standard InChI is InChI=1S/C12H17ClN2/c1-2-3-5-9-8-14-12-10(13)6-4-7-11(12)15-9/h4,6-7,9,14-15H,2-3,5,8H2,1H3. The van der Waals surface area contributed by atoms with Crippen molar-refractivity contribution in [2.75, 3.05) is 17.2 Å². The van der Waals surface area contributed by atoms with Gasteiger partial charge >= 0.3 is 0 Å². The van der Waals surface area contributed by atoms with Gasteiger partial charge in [0.05, 0.1) is 16.4 Å². The van der Waals surface area contributed by atoms with Crippen molar-refractivity contribution in [2.24, 2.45) is 0 Å². The van der Waals surface area contributed by atoms with Crippen molar-refractivity contribution in [3.05, 3.63) is 23.2 Å². The zero-order valence-corrected chi connectivity index (χ0v) is 9.77. The molecule has 0 spiro atoms. The molecule has 2 rings (SSSR count). The molecule has 2 N–H and O–H groups in total. The van der Waals surface area contributed by atoms with Gasteiger partial charge in [-0.3, -0.25) is 0 Å². The topological polar surface area (TPSA) is 24.1 Å². The third kappa shape index (κ3) is 2.37. The molecule has 1 atom stereocenters. The summed E-state index contributed by atoms with van der Waals surface area (Å²) in [7, 11) is 0. The fraction of sp³-hybridized carbons (Fsp3) is 0.500. The summed E-state index contributed by atoms with van der Waals surface area (Å²) in [5.74, 6) is 0. The van der Waals surface area contributed by atoms with E-state index in [9.17, 15) is 0 Å². The van der Waals surface area contributed by atoms with Gasteiger partial charge in [-0.2, -0.15) is 0 Å². The van der Waals surface area contributed by atoms with E-state index < -0.39 is 0 Å². The van der Waals surface area contributed by atoms with Crippen molar-refractivity contribution in [3.8, 4) is 0 Å². The number of fused-ring (bicyclic) bond motifs is 1. The molecule has 0 fully saturated rings. The largest absolute Gasteiger partial charge is 0.380 e. The van der Waals surface area contributed by atoms with Crippen LogP contribution in [0.2, 0.25) is 5.02 Å². The predicted molar refractivity (Wildman–Crippen MR) is 66.9 cm³/mol. The van der Waals surface area contributed by atoms with Crippen LogP contribution in [0, 0.1) is 0 Å². The molecule has 0 aliphatic carbocycles. The van der Waals surface area contributed by atoms with Crippen LogP contribution in [-0.4, -0.2) is 12.6 Å². The second-order valence-electron chi connectivity index (χ2n) is 4.03. The highest BCUT2D eigenvalue weighted by Gasteiger charge is 2.17. The number of hydrogen-bond donors (Lipinski definition) is 2. The Balaban J connectivity index is 2.07. The number of nitrogens with one attached hydrogen (secondary N) is 2. The second kappa shape index (κ2) is 4.75. The van der Waals surface area contributed by atoms with Crippen molar-refractivity contribution in [2.45, 2.75) is 32.2 Å². The van der Waals surface area contributed by atoms with Gasteiger partial charge in [0.2, 0.25) is 0 Å². The van der Waals surface area contributed by atoms with Gasteiger partial charge in [0, 0.05) is 12.6 Å². The van der Waals surface area contributed by atoms with Crippen molar-refractivity contribution in [3.63, 3.8) is 0 Å². The van der Waals surface area contributed by atoms with Crippen molar-refractivity contribution < 1.29 is 0 Å². The van der Waals surface area contributed by atoms with E-state index in [0.29, 0.717) is 6.04 Å². The van der Waals surface area contributed by atoms with Crippen molar-refractivity contribution >= 4 is 23.0 Å². The van der Waals surface area contributed by atoms with Gasteiger partial charge in [0.15, 0.2) is 0 Å². The lowest BCUT2D eigenvalue weighted by Crippen LogP contribution is -2.32. The van der Waals surface area contributed by atoms with E-state index in [1.165, 1.54) is 19.3 Å². The van der Waals surface area contributed by atoms with Crippen LogP contribution in [-0.2, 0) is 0 Å². The van der Waals surface area contributed by atoms with Gasteiger partial charge in [-0.25, -0.2) is 0 Å². The zero-order valence-electron chi connectivity index (χ0n) is 9.02. The number of hydrogen-bond acceptors (Lipinski definition) is 2.